The van der Waals surface area contributed by atoms with Crippen molar-refractivity contribution < 1.29 is 14.0 Å². The van der Waals surface area contributed by atoms with E-state index in [-0.39, 0.29) is 17.2 Å². The molecule has 3 aliphatic rings. The molecule has 0 bridgehead atoms. The predicted molar refractivity (Wildman–Crippen MR) is 84.5 cm³/mol. The first-order chi connectivity index (χ1) is 11.2. The summed E-state index contributed by atoms with van der Waals surface area (Å²) in [5.74, 6) is 0.823. The minimum atomic E-state index is -0.106. The molecule has 5 heteroatoms. The average molecular weight is 314 g/mol. The molecule has 2 fully saturated rings. The third kappa shape index (κ3) is 2.69. The van der Waals surface area contributed by atoms with Crippen LogP contribution in [0.5, 0.6) is 0 Å². The van der Waals surface area contributed by atoms with Crippen LogP contribution in [0.15, 0.2) is 34.8 Å². The Labute approximate surface area is 135 Å². The third-order valence-corrected chi connectivity index (χ3v) is 5.42. The van der Waals surface area contributed by atoms with Crippen LogP contribution >= 0.6 is 0 Å². The lowest BCUT2D eigenvalue weighted by Gasteiger charge is -2.42. The molecule has 1 saturated heterocycles. The summed E-state index contributed by atoms with van der Waals surface area (Å²) >= 11 is 0. The highest BCUT2D eigenvalue weighted by Gasteiger charge is 2.46. The Kier molecular flexibility index (Phi) is 3.51. The van der Waals surface area contributed by atoms with E-state index in [9.17, 15) is 9.59 Å². The molecule has 1 aliphatic heterocycles. The van der Waals surface area contributed by atoms with Crippen LogP contribution in [0, 0.1) is 11.3 Å². The first kappa shape index (κ1) is 14.5. The summed E-state index contributed by atoms with van der Waals surface area (Å²) in [6.07, 6.45) is 11.1. The fourth-order valence-electron chi connectivity index (χ4n) is 3.87. The van der Waals surface area contributed by atoms with Crippen LogP contribution in [-0.4, -0.2) is 29.8 Å². The van der Waals surface area contributed by atoms with Gasteiger partial charge in [-0.2, -0.15) is 0 Å². The van der Waals surface area contributed by atoms with Gasteiger partial charge in [0.1, 0.15) is 6.26 Å². The quantitative estimate of drug-likeness (QED) is 0.909. The average Bonchev–Trinajstić information content (AvgIpc) is 3.04. The standard InChI is InChI=1S/C18H22N2O3/c21-16-5-8-18(12-19-17(22)14-6-9-23-11-14)7-1-2-15(18)20(16)10-13-3-4-13/h2,6,9,11,13H,1,3-5,7-8,10,12H2,(H,19,22). The van der Waals surface area contributed by atoms with Crippen molar-refractivity contribution in [1.82, 2.24) is 10.2 Å². The second-order valence-corrected chi connectivity index (χ2v) is 7.05. The molecule has 122 valence electrons. The van der Waals surface area contributed by atoms with Crippen molar-refractivity contribution in [1.29, 1.82) is 0 Å². The molecule has 1 saturated carbocycles. The number of nitrogens with zero attached hydrogens (tertiary/aromatic N) is 1. The summed E-state index contributed by atoms with van der Waals surface area (Å²) in [7, 11) is 0. The lowest BCUT2D eigenvalue weighted by atomic mass is 9.76. The first-order valence-electron chi connectivity index (χ1n) is 8.49. The van der Waals surface area contributed by atoms with Crippen LogP contribution in [0.4, 0.5) is 0 Å². The fraction of sp³-hybridized carbons (Fsp3) is 0.556. The molecular formula is C18H22N2O3. The van der Waals surface area contributed by atoms with Gasteiger partial charge in [-0.05, 0) is 44.1 Å². The van der Waals surface area contributed by atoms with Gasteiger partial charge in [-0.15, -0.1) is 0 Å². The number of nitrogens with one attached hydrogen (secondary N) is 1. The number of allylic oxidation sites excluding steroid dienone is 1. The Morgan fingerprint density at radius 3 is 3.00 bits per heavy atom. The van der Waals surface area contributed by atoms with Gasteiger partial charge < -0.3 is 14.6 Å². The monoisotopic (exact) mass is 314 g/mol. The Bertz CT molecular complexity index is 645. The van der Waals surface area contributed by atoms with Gasteiger partial charge in [0.25, 0.3) is 5.91 Å². The van der Waals surface area contributed by atoms with Gasteiger partial charge in [-0.25, -0.2) is 0 Å². The number of carbonyl (C=O) groups is 2. The molecule has 2 heterocycles. The Morgan fingerprint density at radius 2 is 2.26 bits per heavy atom. The van der Waals surface area contributed by atoms with E-state index in [1.165, 1.54) is 25.4 Å². The lowest BCUT2D eigenvalue weighted by molar-refractivity contribution is -0.133. The second-order valence-electron chi connectivity index (χ2n) is 7.05. The van der Waals surface area contributed by atoms with Gasteiger partial charge in [0.05, 0.1) is 11.8 Å². The number of furan rings is 1. The highest BCUT2D eigenvalue weighted by atomic mass is 16.3. The maximum absolute atomic E-state index is 12.4. The van der Waals surface area contributed by atoms with Gasteiger partial charge in [0, 0.05) is 30.6 Å². The number of rotatable bonds is 5. The molecule has 23 heavy (non-hydrogen) atoms. The predicted octanol–water partition coefficient (Wildman–Crippen LogP) is 2.71. The Balaban J connectivity index is 1.48. The zero-order valence-electron chi connectivity index (χ0n) is 13.2. The normalized spacial score (nSPS) is 26.9. The van der Waals surface area contributed by atoms with Crippen molar-refractivity contribution in [3.05, 3.63) is 35.9 Å². The van der Waals surface area contributed by atoms with E-state index in [4.69, 9.17) is 4.42 Å². The molecule has 2 amide bonds. The second kappa shape index (κ2) is 5.55. The highest BCUT2D eigenvalue weighted by Crippen LogP contribution is 2.48. The maximum Gasteiger partial charge on any atom is 0.254 e. The highest BCUT2D eigenvalue weighted by molar-refractivity contribution is 5.93. The summed E-state index contributed by atoms with van der Waals surface area (Å²) in [6.45, 7) is 1.46. The van der Waals surface area contributed by atoms with Crippen LogP contribution in [0.25, 0.3) is 0 Å². The molecular weight excluding hydrogens is 292 g/mol. The molecule has 0 aromatic carbocycles. The van der Waals surface area contributed by atoms with Gasteiger partial charge >= 0.3 is 0 Å². The van der Waals surface area contributed by atoms with Crippen LogP contribution in [0.2, 0.25) is 0 Å². The molecule has 1 N–H and O–H groups in total. The van der Waals surface area contributed by atoms with E-state index in [1.807, 2.05) is 4.90 Å². The number of likely N-dealkylation sites (tertiary alicyclic amines) is 1. The van der Waals surface area contributed by atoms with E-state index < -0.39 is 0 Å². The third-order valence-electron chi connectivity index (χ3n) is 5.42. The molecule has 4 rings (SSSR count). The number of hydrogen-bond donors (Lipinski definition) is 1. The smallest absolute Gasteiger partial charge is 0.254 e. The lowest BCUT2D eigenvalue weighted by Crippen LogP contribution is -2.48. The van der Waals surface area contributed by atoms with Crippen molar-refractivity contribution in [3.63, 3.8) is 0 Å². The topological polar surface area (TPSA) is 62.6 Å². The molecule has 0 radical (unpaired) electrons. The molecule has 1 atom stereocenters. The van der Waals surface area contributed by atoms with E-state index in [0.29, 0.717) is 24.4 Å². The summed E-state index contributed by atoms with van der Waals surface area (Å²) in [5, 5.41) is 3.04. The molecule has 0 spiro atoms. The molecule has 1 aromatic rings. The van der Waals surface area contributed by atoms with Gasteiger partial charge in [0.2, 0.25) is 5.91 Å². The van der Waals surface area contributed by atoms with Crippen molar-refractivity contribution in [2.45, 2.75) is 38.5 Å². The maximum atomic E-state index is 12.4. The van der Waals surface area contributed by atoms with Crippen molar-refractivity contribution >= 4 is 11.8 Å². The summed E-state index contributed by atoms with van der Waals surface area (Å²) in [4.78, 5) is 26.6. The molecule has 5 nitrogen and oxygen atoms in total. The first-order valence-corrected chi connectivity index (χ1v) is 8.49. The largest absolute Gasteiger partial charge is 0.472 e. The van der Waals surface area contributed by atoms with E-state index in [0.717, 1.165) is 31.5 Å². The summed E-state index contributed by atoms with van der Waals surface area (Å²) in [5.41, 5.74) is 1.64. The van der Waals surface area contributed by atoms with E-state index >= 15 is 0 Å². The fourth-order valence-corrected chi connectivity index (χ4v) is 3.87. The SMILES string of the molecule is O=C(NCC12CCC=C1N(CC1CC1)C(=O)CC2)c1ccoc1. The number of fused-ring (bicyclic) bond motifs is 1. The zero-order valence-corrected chi connectivity index (χ0v) is 13.2. The van der Waals surface area contributed by atoms with Gasteiger partial charge in [0.15, 0.2) is 0 Å². The van der Waals surface area contributed by atoms with Crippen LogP contribution in [0.1, 0.15) is 48.9 Å². The number of piperidine rings is 1. The van der Waals surface area contributed by atoms with Crippen molar-refractivity contribution in [2.24, 2.45) is 11.3 Å². The number of amides is 2. The van der Waals surface area contributed by atoms with Crippen molar-refractivity contribution in [2.75, 3.05) is 13.1 Å². The van der Waals surface area contributed by atoms with Crippen molar-refractivity contribution in [3.8, 4) is 0 Å². The minimum absolute atomic E-state index is 0.0673. The van der Waals surface area contributed by atoms with E-state index in [2.05, 4.69) is 11.4 Å². The molecule has 1 aromatic heterocycles. The Morgan fingerprint density at radius 1 is 1.39 bits per heavy atom. The van der Waals surface area contributed by atoms with Crippen LogP contribution < -0.4 is 5.32 Å². The number of carbonyl (C=O) groups excluding carboxylic acids is 2. The summed E-state index contributed by atoms with van der Waals surface area (Å²) < 4.78 is 4.97. The molecule has 2 aliphatic carbocycles. The van der Waals surface area contributed by atoms with Crippen LogP contribution in [0.3, 0.4) is 0 Å². The van der Waals surface area contributed by atoms with E-state index in [1.54, 1.807) is 6.07 Å². The zero-order chi connectivity index (χ0) is 15.9. The Hall–Kier alpha value is -2.04. The van der Waals surface area contributed by atoms with Crippen LogP contribution in [-0.2, 0) is 4.79 Å². The summed E-state index contributed by atoms with van der Waals surface area (Å²) in [6, 6.07) is 1.67. The number of hydrogen-bond acceptors (Lipinski definition) is 3. The van der Waals surface area contributed by atoms with Gasteiger partial charge in [-0.3, -0.25) is 9.59 Å². The van der Waals surface area contributed by atoms with Gasteiger partial charge in [-0.1, -0.05) is 6.08 Å². The minimum Gasteiger partial charge on any atom is -0.472 e. The molecule has 1 unspecified atom stereocenters.